The van der Waals surface area contributed by atoms with Crippen LogP contribution in [0.3, 0.4) is 0 Å². The molecule has 3 N–H and O–H groups in total. The van der Waals surface area contributed by atoms with Crippen LogP contribution in [0.25, 0.3) is 0 Å². The van der Waals surface area contributed by atoms with Gasteiger partial charge in [0, 0.05) is 26.2 Å². The number of benzene rings is 1. The average Bonchev–Trinajstić information content (AvgIpc) is 2.54. The Labute approximate surface area is 132 Å². The van der Waals surface area contributed by atoms with Crippen LogP contribution in [0.5, 0.6) is 0 Å². The lowest BCUT2D eigenvalue weighted by Gasteiger charge is -2.26. The van der Waals surface area contributed by atoms with Gasteiger partial charge in [-0.15, -0.1) is 0 Å². The molecular formula is C17H27N3O2. The first-order chi connectivity index (χ1) is 10.6. The lowest BCUT2D eigenvalue weighted by atomic mass is 10.0. The Morgan fingerprint density at radius 3 is 2.41 bits per heavy atom. The van der Waals surface area contributed by atoms with Crippen molar-refractivity contribution < 1.29 is 9.53 Å². The summed E-state index contributed by atoms with van der Waals surface area (Å²) in [5.41, 5.74) is 8.21. The molecule has 0 spiro atoms. The van der Waals surface area contributed by atoms with Crippen LogP contribution in [0.2, 0.25) is 0 Å². The van der Waals surface area contributed by atoms with E-state index >= 15 is 0 Å². The van der Waals surface area contributed by atoms with Crippen molar-refractivity contribution in [3.63, 3.8) is 0 Å². The Hall–Kier alpha value is -1.43. The van der Waals surface area contributed by atoms with Gasteiger partial charge in [-0.2, -0.15) is 0 Å². The van der Waals surface area contributed by atoms with Crippen molar-refractivity contribution in [2.45, 2.75) is 33.0 Å². The molecule has 22 heavy (non-hydrogen) atoms. The van der Waals surface area contributed by atoms with Gasteiger partial charge in [0.25, 0.3) is 0 Å². The molecule has 1 heterocycles. The van der Waals surface area contributed by atoms with E-state index in [4.69, 9.17) is 10.5 Å². The molecule has 1 aromatic rings. The predicted octanol–water partition coefficient (Wildman–Crippen LogP) is 1.12. The second-order valence-corrected chi connectivity index (χ2v) is 6.19. The van der Waals surface area contributed by atoms with Crippen LogP contribution < -0.4 is 11.1 Å². The number of hydrogen-bond acceptors (Lipinski definition) is 4. The third-order valence-corrected chi connectivity index (χ3v) is 4.02. The molecule has 5 heteroatoms. The molecule has 1 aliphatic heterocycles. The number of amides is 1. The van der Waals surface area contributed by atoms with Gasteiger partial charge in [-0.25, -0.2) is 0 Å². The van der Waals surface area contributed by atoms with Gasteiger partial charge in [0.05, 0.1) is 19.3 Å². The number of carbonyl (C=O) groups is 1. The molecule has 0 aromatic heterocycles. The Bertz CT molecular complexity index is 467. The van der Waals surface area contributed by atoms with Crippen molar-refractivity contribution in [1.29, 1.82) is 0 Å². The van der Waals surface area contributed by atoms with Crippen LogP contribution in [0.4, 0.5) is 0 Å². The summed E-state index contributed by atoms with van der Waals surface area (Å²) < 4.78 is 5.35. The lowest BCUT2D eigenvalue weighted by Crippen LogP contribution is -2.43. The zero-order chi connectivity index (χ0) is 15.9. The quantitative estimate of drug-likeness (QED) is 0.826. The van der Waals surface area contributed by atoms with Gasteiger partial charge in [-0.05, 0) is 17.0 Å². The summed E-state index contributed by atoms with van der Waals surface area (Å²) in [6, 6.07) is 7.94. The number of rotatable bonds is 6. The van der Waals surface area contributed by atoms with Crippen LogP contribution >= 0.6 is 0 Å². The predicted molar refractivity (Wildman–Crippen MR) is 87.2 cm³/mol. The lowest BCUT2D eigenvalue weighted by molar-refractivity contribution is -0.123. The second-order valence-electron chi connectivity index (χ2n) is 6.19. The molecule has 2 rings (SSSR count). The summed E-state index contributed by atoms with van der Waals surface area (Å²) in [6.45, 7) is 9.00. The summed E-state index contributed by atoms with van der Waals surface area (Å²) >= 11 is 0. The van der Waals surface area contributed by atoms with Gasteiger partial charge in [0.2, 0.25) is 5.91 Å². The zero-order valence-corrected chi connectivity index (χ0v) is 13.5. The summed E-state index contributed by atoms with van der Waals surface area (Å²) in [7, 11) is 0. The normalized spacial score (nSPS) is 17.5. The highest BCUT2D eigenvalue weighted by atomic mass is 16.5. The number of nitrogens with one attached hydrogen (secondary N) is 1. The van der Waals surface area contributed by atoms with Gasteiger partial charge in [0.1, 0.15) is 0 Å². The maximum atomic E-state index is 11.8. The maximum Gasteiger partial charge on any atom is 0.237 e. The fourth-order valence-corrected chi connectivity index (χ4v) is 2.39. The molecule has 0 saturated carbocycles. The molecule has 0 bridgehead atoms. The SMILES string of the molecule is CC(C)[C@@H](N)C(=O)NCc1ccc(CN2CCOCC2)cc1. The second kappa shape index (κ2) is 8.27. The van der Waals surface area contributed by atoms with E-state index in [1.165, 1.54) is 5.56 Å². The van der Waals surface area contributed by atoms with Crippen molar-refractivity contribution in [2.75, 3.05) is 26.3 Å². The molecule has 1 aromatic carbocycles. The number of ether oxygens (including phenoxy) is 1. The third kappa shape index (κ3) is 5.09. The highest BCUT2D eigenvalue weighted by Gasteiger charge is 2.16. The van der Waals surface area contributed by atoms with Crippen LogP contribution in [-0.4, -0.2) is 43.2 Å². The molecule has 5 nitrogen and oxygen atoms in total. The number of carbonyl (C=O) groups excluding carboxylic acids is 1. The molecule has 1 saturated heterocycles. The number of morpholine rings is 1. The fraction of sp³-hybridized carbons (Fsp3) is 0.588. The minimum Gasteiger partial charge on any atom is -0.379 e. The Balaban J connectivity index is 1.80. The topological polar surface area (TPSA) is 67.6 Å². The van der Waals surface area contributed by atoms with Gasteiger partial charge in [0.15, 0.2) is 0 Å². The molecular weight excluding hydrogens is 278 g/mol. The first-order valence-corrected chi connectivity index (χ1v) is 7.97. The monoisotopic (exact) mass is 305 g/mol. The molecule has 0 radical (unpaired) electrons. The first-order valence-electron chi connectivity index (χ1n) is 7.97. The summed E-state index contributed by atoms with van der Waals surface area (Å²) in [4.78, 5) is 14.2. The fourth-order valence-electron chi connectivity index (χ4n) is 2.39. The molecule has 122 valence electrons. The number of nitrogens with two attached hydrogens (primary N) is 1. The molecule has 0 unspecified atom stereocenters. The van der Waals surface area contributed by atoms with Crippen molar-refractivity contribution in [2.24, 2.45) is 11.7 Å². The van der Waals surface area contributed by atoms with Crippen LogP contribution in [0, 0.1) is 5.92 Å². The number of hydrogen-bond donors (Lipinski definition) is 2. The van der Waals surface area contributed by atoms with E-state index in [9.17, 15) is 4.79 Å². The van der Waals surface area contributed by atoms with E-state index in [2.05, 4.69) is 34.5 Å². The van der Waals surface area contributed by atoms with Gasteiger partial charge >= 0.3 is 0 Å². The van der Waals surface area contributed by atoms with Crippen LogP contribution in [0.15, 0.2) is 24.3 Å². The van der Waals surface area contributed by atoms with E-state index in [0.717, 1.165) is 38.4 Å². The van der Waals surface area contributed by atoms with Crippen molar-refractivity contribution >= 4 is 5.91 Å². The van der Waals surface area contributed by atoms with E-state index in [-0.39, 0.29) is 11.8 Å². The summed E-state index contributed by atoms with van der Waals surface area (Å²) in [5.74, 6) is 0.0586. The molecule has 1 amide bonds. The van der Waals surface area contributed by atoms with Crippen molar-refractivity contribution in [3.05, 3.63) is 35.4 Å². The molecule has 1 aliphatic rings. The number of nitrogens with zero attached hydrogens (tertiary/aromatic N) is 1. The van der Waals surface area contributed by atoms with Crippen LogP contribution in [0.1, 0.15) is 25.0 Å². The van der Waals surface area contributed by atoms with Crippen LogP contribution in [-0.2, 0) is 22.6 Å². The van der Waals surface area contributed by atoms with Crippen molar-refractivity contribution in [1.82, 2.24) is 10.2 Å². The highest BCUT2D eigenvalue weighted by molar-refractivity contribution is 5.81. The standard InChI is InChI=1S/C17H27N3O2/c1-13(2)16(18)17(21)19-11-14-3-5-15(6-4-14)12-20-7-9-22-10-8-20/h3-6,13,16H,7-12,18H2,1-2H3,(H,19,21)/t16-/m1/s1. The molecule has 1 fully saturated rings. The maximum absolute atomic E-state index is 11.8. The smallest absolute Gasteiger partial charge is 0.237 e. The van der Waals surface area contributed by atoms with Gasteiger partial charge in [-0.1, -0.05) is 38.1 Å². The Morgan fingerprint density at radius 2 is 1.82 bits per heavy atom. The highest BCUT2D eigenvalue weighted by Crippen LogP contribution is 2.09. The van der Waals surface area contributed by atoms with E-state index in [1.807, 2.05) is 13.8 Å². The summed E-state index contributed by atoms with van der Waals surface area (Å²) in [6.07, 6.45) is 0. The Kier molecular flexibility index (Phi) is 6.36. The molecule has 0 aliphatic carbocycles. The molecule has 1 atom stereocenters. The van der Waals surface area contributed by atoms with E-state index in [0.29, 0.717) is 6.54 Å². The Morgan fingerprint density at radius 1 is 1.23 bits per heavy atom. The van der Waals surface area contributed by atoms with Crippen molar-refractivity contribution in [3.8, 4) is 0 Å². The van der Waals surface area contributed by atoms with Gasteiger partial charge in [-0.3, -0.25) is 9.69 Å². The minimum atomic E-state index is -0.444. The van der Waals surface area contributed by atoms with E-state index < -0.39 is 6.04 Å². The third-order valence-electron chi connectivity index (χ3n) is 4.02. The van der Waals surface area contributed by atoms with Gasteiger partial charge < -0.3 is 15.8 Å². The zero-order valence-electron chi connectivity index (χ0n) is 13.5. The average molecular weight is 305 g/mol. The first kappa shape index (κ1) is 16.9. The summed E-state index contributed by atoms with van der Waals surface area (Å²) in [5, 5.41) is 2.89. The largest absolute Gasteiger partial charge is 0.379 e. The van der Waals surface area contributed by atoms with E-state index in [1.54, 1.807) is 0 Å². The minimum absolute atomic E-state index is 0.0904.